The Balaban J connectivity index is 6.24. The highest BCUT2D eigenvalue weighted by Gasteiger charge is 2.47. The van der Waals surface area contributed by atoms with Crippen LogP contribution in [0.4, 0.5) is 0 Å². The number of unbranched alkanes of at least 4 members (excludes halogenated alkanes) is 2. The summed E-state index contributed by atoms with van der Waals surface area (Å²) in [6.07, 6.45) is 23.9. The SMILES string of the molecule is CCCCCC(P(CCC)CCC)(P(CCC)CCC)P(CCC)CCC. The van der Waals surface area contributed by atoms with Gasteiger partial charge in [0.05, 0.1) is 0 Å². The van der Waals surface area contributed by atoms with Gasteiger partial charge in [-0.15, -0.1) is 0 Å². The fourth-order valence-corrected chi connectivity index (χ4v) is 20.6. The van der Waals surface area contributed by atoms with Crippen LogP contribution in [-0.4, -0.2) is 41.6 Å². The summed E-state index contributed by atoms with van der Waals surface area (Å²) in [5.74, 6) is 0. The van der Waals surface area contributed by atoms with Gasteiger partial charge in [0.1, 0.15) is 0 Å². The first-order chi connectivity index (χ1) is 13.1. The molecule has 0 fully saturated rings. The second-order valence-corrected chi connectivity index (χ2v) is 17.5. The summed E-state index contributed by atoms with van der Waals surface area (Å²) >= 11 is 0. The highest BCUT2D eigenvalue weighted by atomic mass is 31.2. The highest BCUT2D eigenvalue weighted by molar-refractivity contribution is 7.93. The van der Waals surface area contributed by atoms with Gasteiger partial charge < -0.3 is 0 Å². The maximum absolute atomic E-state index is 2.46. The van der Waals surface area contributed by atoms with E-state index < -0.39 is 0 Å². The predicted molar refractivity (Wildman–Crippen MR) is 139 cm³/mol. The van der Waals surface area contributed by atoms with Crippen LogP contribution in [0.5, 0.6) is 0 Å². The van der Waals surface area contributed by atoms with Gasteiger partial charge in [0, 0.05) is 4.64 Å². The molecular formula is C24H53P3. The molecule has 164 valence electrons. The van der Waals surface area contributed by atoms with Crippen molar-refractivity contribution in [2.24, 2.45) is 0 Å². The fourth-order valence-electron chi connectivity index (χ4n) is 4.72. The smallest absolute Gasteiger partial charge is 0.0301 e. The van der Waals surface area contributed by atoms with Crippen LogP contribution in [0.2, 0.25) is 0 Å². The van der Waals surface area contributed by atoms with Crippen LogP contribution in [0.25, 0.3) is 0 Å². The van der Waals surface area contributed by atoms with E-state index in [1.807, 2.05) is 0 Å². The topological polar surface area (TPSA) is 0 Å². The largest absolute Gasteiger partial charge is 0.0913 e. The van der Waals surface area contributed by atoms with Crippen molar-refractivity contribution in [2.75, 3.05) is 37.0 Å². The second kappa shape index (κ2) is 18.1. The van der Waals surface area contributed by atoms with E-state index in [1.165, 1.54) is 57.8 Å². The van der Waals surface area contributed by atoms with Crippen molar-refractivity contribution in [1.82, 2.24) is 0 Å². The molecule has 0 spiro atoms. The first kappa shape index (κ1) is 28.3. The zero-order valence-corrected chi connectivity index (χ0v) is 22.8. The molecule has 0 N–H and O–H groups in total. The van der Waals surface area contributed by atoms with Crippen LogP contribution in [-0.2, 0) is 0 Å². The molecule has 0 radical (unpaired) electrons. The summed E-state index contributed by atoms with van der Waals surface area (Å²) in [5.41, 5.74) is 0. The van der Waals surface area contributed by atoms with Gasteiger partial charge in [0.15, 0.2) is 0 Å². The van der Waals surface area contributed by atoms with Gasteiger partial charge in [-0.2, -0.15) is 0 Å². The van der Waals surface area contributed by atoms with Crippen LogP contribution >= 0.6 is 23.8 Å². The lowest BCUT2D eigenvalue weighted by atomic mass is 10.2. The van der Waals surface area contributed by atoms with Gasteiger partial charge in [0.2, 0.25) is 0 Å². The lowest BCUT2D eigenvalue weighted by molar-refractivity contribution is 0.672. The summed E-state index contributed by atoms with van der Waals surface area (Å²) in [4.78, 5) is 0. The molecule has 0 aliphatic rings. The average molecular weight is 435 g/mol. The van der Waals surface area contributed by atoms with Crippen molar-refractivity contribution >= 4 is 23.8 Å². The van der Waals surface area contributed by atoms with Crippen LogP contribution < -0.4 is 0 Å². The minimum Gasteiger partial charge on any atom is -0.0913 e. The summed E-state index contributed by atoms with van der Waals surface area (Å²) in [6, 6.07) is 0. The molecule has 0 unspecified atom stereocenters. The standard InChI is InChI=1S/C24H53P3/c1-8-15-16-17-24(25(18-9-2)19-10-3,26(20-11-4)21-12-5)27(22-13-6)23-14-7/h8-23H2,1-7H3. The van der Waals surface area contributed by atoms with Crippen molar-refractivity contribution in [1.29, 1.82) is 0 Å². The summed E-state index contributed by atoms with van der Waals surface area (Å²) < 4.78 is 0.805. The third kappa shape index (κ3) is 9.31. The fraction of sp³-hybridized carbons (Fsp3) is 1.00. The molecule has 0 bridgehead atoms. The summed E-state index contributed by atoms with van der Waals surface area (Å²) in [7, 11) is 0.623. The van der Waals surface area contributed by atoms with Gasteiger partial charge in [0.25, 0.3) is 0 Å². The monoisotopic (exact) mass is 434 g/mol. The Kier molecular flexibility index (Phi) is 19.0. The molecule has 0 aromatic carbocycles. The van der Waals surface area contributed by atoms with E-state index in [0.29, 0.717) is 0 Å². The third-order valence-electron chi connectivity index (χ3n) is 5.60. The number of hydrogen-bond acceptors (Lipinski definition) is 0. The van der Waals surface area contributed by atoms with E-state index in [-0.39, 0.29) is 23.8 Å². The normalized spacial score (nSPS) is 12.7. The van der Waals surface area contributed by atoms with Crippen molar-refractivity contribution in [3.8, 4) is 0 Å². The predicted octanol–water partition coefficient (Wildman–Crippen LogP) is 10.1. The quantitative estimate of drug-likeness (QED) is 0.140. The first-order valence-corrected chi connectivity index (χ1v) is 17.5. The lowest BCUT2D eigenvalue weighted by Gasteiger charge is -2.53. The molecule has 0 amide bonds. The Hall–Kier alpha value is 1.29. The Labute approximate surface area is 178 Å². The van der Waals surface area contributed by atoms with E-state index in [0.717, 1.165) is 4.64 Å². The van der Waals surface area contributed by atoms with Crippen molar-refractivity contribution in [2.45, 2.75) is 117 Å². The molecule has 3 heteroatoms. The van der Waals surface area contributed by atoms with Crippen LogP contribution in [0.15, 0.2) is 0 Å². The molecule has 0 saturated carbocycles. The van der Waals surface area contributed by atoms with E-state index in [4.69, 9.17) is 0 Å². The molecule has 0 saturated heterocycles. The zero-order chi connectivity index (χ0) is 20.5. The third-order valence-corrected chi connectivity index (χ3v) is 20.3. The Morgan fingerprint density at radius 2 is 0.704 bits per heavy atom. The minimum absolute atomic E-state index is 0.208. The molecule has 0 aromatic heterocycles. The van der Waals surface area contributed by atoms with Gasteiger partial charge in [-0.3, -0.25) is 0 Å². The maximum Gasteiger partial charge on any atom is 0.0301 e. The molecular weight excluding hydrogens is 381 g/mol. The summed E-state index contributed by atoms with van der Waals surface area (Å²) in [6.45, 7) is 17.2. The van der Waals surface area contributed by atoms with E-state index in [2.05, 4.69) is 48.5 Å². The van der Waals surface area contributed by atoms with Gasteiger partial charge >= 0.3 is 0 Å². The molecule has 0 heterocycles. The van der Waals surface area contributed by atoms with Crippen molar-refractivity contribution < 1.29 is 0 Å². The minimum atomic E-state index is 0.208. The van der Waals surface area contributed by atoms with Crippen molar-refractivity contribution in [3.05, 3.63) is 0 Å². The Morgan fingerprint density at radius 1 is 0.407 bits per heavy atom. The van der Waals surface area contributed by atoms with Crippen LogP contribution in [0.1, 0.15) is 113 Å². The second-order valence-electron chi connectivity index (χ2n) is 8.19. The maximum atomic E-state index is 2.46. The molecule has 0 nitrogen and oxygen atoms in total. The zero-order valence-electron chi connectivity index (χ0n) is 20.2. The van der Waals surface area contributed by atoms with E-state index in [1.54, 1.807) is 43.4 Å². The van der Waals surface area contributed by atoms with Gasteiger partial charge in [-0.25, -0.2) is 0 Å². The Bertz CT molecular complexity index is 260. The first-order valence-electron chi connectivity index (χ1n) is 12.4. The van der Waals surface area contributed by atoms with Crippen LogP contribution in [0, 0.1) is 0 Å². The average Bonchev–Trinajstić information content (AvgIpc) is 2.65. The van der Waals surface area contributed by atoms with E-state index >= 15 is 0 Å². The number of hydrogen-bond donors (Lipinski definition) is 0. The van der Waals surface area contributed by atoms with Gasteiger partial charge in [-0.1, -0.05) is 130 Å². The van der Waals surface area contributed by atoms with Crippen LogP contribution in [0.3, 0.4) is 0 Å². The lowest BCUT2D eigenvalue weighted by Crippen LogP contribution is -2.30. The molecule has 0 aliphatic heterocycles. The molecule has 0 rings (SSSR count). The molecule has 0 atom stereocenters. The number of rotatable bonds is 19. The van der Waals surface area contributed by atoms with Crippen molar-refractivity contribution in [3.63, 3.8) is 0 Å². The van der Waals surface area contributed by atoms with E-state index in [9.17, 15) is 0 Å². The highest BCUT2D eigenvalue weighted by Crippen LogP contribution is 2.82. The Morgan fingerprint density at radius 3 is 0.926 bits per heavy atom. The molecule has 0 aliphatic carbocycles. The summed E-state index contributed by atoms with van der Waals surface area (Å²) in [5, 5.41) is 0. The molecule has 0 aromatic rings. The molecule has 27 heavy (non-hydrogen) atoms. The van der Waals surface area contributed by atoms with Gasteiger partial charge in [-0.05, 0) is 43.4 Å².